The molecule has 0 aromatic carbocycles. The first-order valence-corrected chi connectivity index (χ1v) is 3.58. The standard InChI is InChI=1S/C8H12N2.ClH/c1-2-6-9-8-5-3-4-7-10-8;/h3-5,7H,2,6H2,1H3,(H,9,10);1H. The molecule has 0 saturated heterocycles. The Labute approximate surface area is 73.4 Å². The van der Waals surface area contributed by atoms with E-state index in [1.54, 1.807) is 6.20 Å². The Kier molecular flexibility index (Phi) is 5.57. The van der Waals surface area contributed by atoms with Crippen molar-refractivity contribution in [2.75, 3.05) is 11.9 Å². The minimum atomic E-state index is 0. The SMILES string of the molecule is CCCNc1ccccn1.Cl. The molecule has 0 amide bonds. The number of nitrogens with one attached hydrogen (secondary N) is 1. The fraction of sp³-hybridized carbons (Fsp3) is 0.375. The van der Waals surface area contributed by atoms with E-state index in [1.165, 1.54) is 0 Å². The number of nitrogens with zero attached hydrogens (tertiary/aromatic N) is 1. The van der Waals surface area contributed by atoms with Crippen LogP contribution in [0.2, 0.25) is 0 Å². The molecule has 0 spiro atoms. The van der Waals surface area contributed by atoms with Crippen LogP contribution in [0.4, 0.5) is 5.82 Å². The van der Waals surface area contributed by atoms with Crippen LogP contribution in [-0.4, -0.2) is 11.5 Å². The maximum Gasteiger partial charge on any atom is 0.125 e. The summed E-state index contributed by atoms with van der Waals surface area (Å²) >= 11 is 0. The van der Waals surface area contributed by atoms with Gasteiger partial charge in [0.2, 0.25) is 0 Å². The number of aromatic nitrogens is 1. The van der Waals surface area contributed by atoms with E-state index in [4.69, 9.17) is 0 Å². The van der Waals surface area contributed by atoms with Gasteiger partial charge in [-0.3, -0.25) is 0 Å². The van der Waals surface area contributed by atoms with E-state index < -0.39 is 0 Å². The average Bonchev–Trinajstić information content (AvgIpc) is 2.03. The molecule has 0 unspecified atom stereocenters. The Hall–Kier alpha value is -0.760. The predicted molar refractivity (Wildman–Crippen MR) is 50.3 cm³/mol. The smallest absolute Gasteiger partial charge is 0.125 e. The maximum atomic E-state index is 4.11. The van der Waals surface area contributed by atoms with Crippen molar-refractivity contribution in [3.63, 3.8) is 0 Å². The zero-order valence-electron chi connectivity index (χ0n) is 6.58. The van der Waals surface area contributed by atoms with Crippen LogP contribution < -0.4 is 5.32 Å². The van der Waals surface area contributed by atoms with Crippen molar-refractivity contribution in [2.24, 2.45) is 0 Å². The zero-order chi connectivity index (χ0) is 7.23. The van der Waals surface area contributed by atoms with Crippen LogP contribution in [0.15, 0.2) is 24.4 Å². The van der Waals surface area contributed by atoms with E-state index in [2.05, 4.69) is 17.2 Å². The molecule has 11 heavy (non-hydrogen) atoms. The summed E-state index contributed by atoms with van der Waals surface area (Å²) < 4.78 is 0. The van der Waals surface area contributed by atoms with Crippen molar-refractivity contribution >= 4 is 18.2 Å². The van der Waals surface area contributed by atoms with Gasteiger partial charge >= 0.3 is 0 Å². The van der Waals surface area contributed by atoms with Crippen molar-refractivity contribution in [1.82, 2.24) is 4.98 Å². The van der Waals surface area contributed by atoms with E-state index >= 15 is 0 Å². The zero-order valence-corrected chi connectivity index (χ0v) is 7.40. The monoisotopic (exact) mass is 172 g/mol. The summed E-state index contributed by atoms with van der Waals surface area (Å²) in [6.45, 7) is 3.13. The number of hydrogen-bond acceptors (Lipinski definition) is 2. The van der Waals surface area contributed by atoms with Gasteiger partial charge in [-0.2, -0.15) is 0 Å². The summed E-state index contributed by atoms with van der Waals surface area (Å²) in [5.74, 6) is 0.962. The lowest BCUT2D eigenvalue weighted by Gasteiger charge is -2.00. The number of pyridine rings is 1. The highest BCUT2D eigenvalue weighted by Gasteiger charge is 1.85. The van der Waals surface area contributed by atoms with Gasteiger partial charge in [0.1, 0.15) is 5.82 Å². The quantitative estimate of drug-likeness (QED) is 0.757. The molecule has 0 aliphatic rings. The maximum absolute atomic E-state index is 4.11. The van der Waals surface area contributed by atoms with Gasteiger partial charge in [-0.25, -0.2) is 4.98 Å². The molecule has 0 bridgehead atoms. The number of anilines is 1. The van der Waals surface area contributed by atoms with Gasteiger partial charge in [-0.05, 0) is 18.6 Å². The van der Waals surface area contributed by atoms with Gasteiger partial charge < -0.3 is 5.32 Å². The van der Waals surface area contributed by atoms with Crippen molar-refractivity contribution < 1.29 is 0 Å². The average molecular weight is 173 g/mol. The van der Waals surface area contributed by atoms with Crippen LogP contribution in [0.1, 0.15) is 13.3 Å². The molecule has 62 valence electrons. The highest BCUT2D eigenvalue weighted by atomic mass is 35.5. The van der Waals surface area contributed by atoms with Crippen LogP contribution in [0.3, 0.4) is 0 Å². The summed E-state index contributed by atoms with van der Waals surface area (Å²) in [5.41, 5.74) is 0. The Balaban J connectivity index is 0.000001000. The fourth-order valence-corrected chi connectivity index (χ4v) is 0.720. The van der Waals surface area contributed by atoms with E-state index in [0.717, 1.165) is 18.8 Å². The molecule has 0 atom stereocenters. The van der Waals surface area contributed by atoms with Crippen LogP contribution in [-0.2, 0) is 0 Å². The Bertz CT molecular complexity index is 177. The van der Waals surface area contributed by atoms with Crippen LogP contribution in [0.5, 0.6) is 0 Å². The first-order valence-electron chi connectivity index (χ1n) is 3.58. The Morgan fingerprint density at radius 1 is 1.45 bits per heavy atom. The normalized spacial score (nSPS) is 8.45. The molecule has 1 heterocycles. The number of hydrogen-bond donors (Lipinski definition) is 1. The third-order valence-electron chi connectivity index (χ3n) is 1.22. The number of halogens is 1. The molecule has 3 heteroatoms. The topological polar surface area (TPSA) is 24.9 Å². The van der Waals surface area contributed by atoms with Crippen molar-refractivity contribution in [1.29, 1.82) is 0 Å². The van der Waals surface area contributed by atoms with Crippen LogP contribution in [0.25, 0.3) is 0 Å². The van der Waals surface area contributed by atoms with Crippen molar-refractivity contribution in [2.45, 2.75) is 13.3 Å². The Morgan fingerprint density at radius 3 is 2.82 bits per heavy atom. The van der Waals surface area contributed by atoms with E-state index in [-0.39, 0.29) is 12.4 Å². The van der Waals surface area contributed by atoms with Crippen LogP contribution in [0, 0.1) is 0 Å². The lowest BCUT2D eigenvalue weighted by atomic mass is 10.4. The largest absolute Gasteiger partial charge is 0.370 e. The first kappa shape index (κ1) is 10.2. The van der Waals surface area contributed by atoms with Gasteiger partial charge in [-0.1, -0.05) is 13.0 Å². The molecule has 1 aromatic heterocycles. The van der Waals surface area contributed by atoms with Gasteiger partial charge in [0.05, 0.1) is 0 Å². The lowest BCUT2D eigenvalue weighted by molar-refractivity contribution is 0.969. The van der Waals surface area contributed by atoms with E-state index in [9.17, 15) is 0 Å². The molecule has 1 aromatic rings. The minimum absolute atomic E-state index is 0. The third kappa shape index (κ3) is 3.83. The second-order valence-electron chi connectivity index (χ2n) is 2.14. The molecule has 0 saturated carbocycles. The number of rotatable bonds is 3. The van der Waals surface area contributed by atoms with E-state index in [0.29, 0.717) is 0 Å². The second-order valence-corrected chi connectivity index (χ2v) is 2.14. The summed E-state index contributed by atoms with van der Waals surface area (Å²) in [5, 5.41) is 3.18. The van der Waals surface area contributed by atoms with Crippen LogP contribution >= 0.6 is 12.4 Å². The summed E-state index contributed by atoms with van der Waals surface area (Å²) in [6.07, 6.45) is 2.93. The molecule has 0 radical (unpaired) electrons. The van der Waals surface area contributed by atoms with Crippen molar-refractivity contribution in [3.8, 4) is 0 Å². The first-order chi connectivity index (χ1) is 4.93. The lowest BCUT2D eigenvalue weighted by Crippen LogP contribution is -2.00. The molecular formula is C8H13ClN2. The predicted octanol–water partition coefficient (Wildman–Crippen LogP) is 2.33. The van der Waals surface area contributed by atoms with Gasteiger partial charge in [0.15, 0.2) is 0 Å². The molecule has 1 rings (SSSR count). The van der Waals surface area contributed by atoms with Gasteiger partial charge in [0, 0.05) is 12.7 Å². The highest BCUT2D eigenvalue weighted by molar-refractivity contribution is 5.85. The summed E-state index contributed by atoms with van der Waals surface area (Å²) in [7, 11) is 0. The summed E-state index contributed by atoms with van der Waals surface area (Å²) in [6, 6.07) is 5.86. The van der Waals surface area contributed by atoms with Crippen molar-refractivity contribution in [3.05, 3.63) is 24.4 Å². The molecular weight excluding hydrogens is 160 g/mol. The van der Waals surface area contributed by atoms with Gasteiger partial charge in [-0.15, -0.1) is 12.4 Å². The molecule has 2 nitrogen and oxygen atoms in total. The summed E-state index contributed by atoms with van der Waals surface area (Å²) in [4.78, 5) is 4.11. The Morgan fingerprint density at radius 2 is 2.27 bits per heavy atom. The third-order valence-corrected chi connectivity index (χ3v) is 1.22. The highest BCUT2D eigenvalue weighted by Crippen LogP contribution is 1.98. The molecule has 0 aliphatic carbocycles. The molecule has 0 aliphatic heterocycles. The molecule has 0 fully saturated rings. The second kappa shape index (κ2) is 5.98. The molecule has 1 N–H and O–H groups in total. The minimum Gasteiger partial charge on any atom is -0.370 e. The fourth-order valence-electron chi connectivity index (χ4n) is 0.720. The van der Waals surface area contributed by atoms with Gasteiger partial charge in [0.25, 0.3) is 0 Å². The van der Waals surface area contributed by atoms with E-state index in [1.807, 2.05) is 18.2 Å².